The highest BCUT2D eigenvalue weighted by atomic mass is 79.9. The second-order valence-corrected chi connectivity index (χ2v) is 7.22. The molecule has 7 heteroatoms. The van der Waals surface area contributed by atoms with Crippen LogP contribution in [0.3, 0.4) is 0 Å². The normalized spacial score (nSPS) is 11.4. The van der Waals surface area contributed by atoms with Gasteiger partial charge in [-0.3, -0.25) is 0 Å². The lowest BCUT2D eigenvalue weighted by molar-refractivity contribution is 0.584. The summed E-state index contributed by atoms with van der Waals surface area (Å²) < 4.78 is 27.0. The van der Waals surface area contributed by atoms with Crippen LogP contribution >= 0.6 is 27.7 Å². The van der Waals surface area contributed by atoms with Crippen LogP contribution in [-0.2, 0) is 10.0 Å². The van der Waals surface area contributed by atoms with Crippen LogP contribution in [0, 0.1) is 0 Å². The quantitative estimate of drug-likeness (QED) is 0.449. The van der Waals surface area contributed by atoms with E-state index in [2.05, 4.69) is 27.2 Å². The Morgan fingerprint density at radius 3 is 2.83 bits per heavy atom. The summed E-state index contributed by atoms with van der Waals surface area (Å²) in [7, 11) is -3.48. The third-order valence-electron chi connectivity index (χ3n) is 2.05. The molecule has 0 aromatic heterocycles. The maximum Gasteiger partial charge on any atom is 0.240 e. The molecule has 0 spiro atoms. The van der Waals surface area contributed by atoms with Gasteiger partial charge in [-0.25, -0.2) is 13.1 Å². The summed E-state index contributed by atoms with van der Waals surface area (Å²) in [4.78, 5) is 0.178. The smallest absolute Gasteiger partial charge is 0.240 e. The number of thioether (sulfide) groups is 1. The summed E-state index contributed by atoms with van der Waals surface area (Å²) in [6, 6.07) is 4.57. The molecular formula is C11H15BrN2O2S2. The zero-order valence-electron chi connectivity index (χ0n) is 9.73. The Balaban J connectivity index is 2.62. The van der Waals surface area contributed by atoms with Gasteiger partial charge in [-0.2, -0.15) is 11.8 Å². The maximum absolute atomic E-state index is 11.9. The van der Waals surface area contributed by atoms with Gasteiger partial charge in [0.2, 0.25) is 10.0 Å². The van der Waals surface area contributed by atoms with Crippen molar-refractivity contribution in [3.63, 3.8) is 0 Å². The first-order valence-corrected chi connectivity index (χ1v) is 8.64. The van der Waals surface area contributed by atoms with Crippen LogP contribution < -0.4 is 10.5 Å². The summed E-state index contributed by atoms with van der Waals surface area (Å²) in [5.74, 6) is 1.52. The van der Waals surface area contributed by atoms with Gasteiger partial charge in [-0.15, -0.1) is 6.58 Å². The van der Waals surface area contributed by atoms with E-state index in [0.717, 1.165) is 5.75 Å². The number of hydrogen-bond donors (Lipinski definition) is 2. The van der Waals surface area contributed by atoms with Crippen molar-refractivity contribution >= 4 is 43.4 Å². The summed E-state index contributed by atoms with van der Waals surface area (Å²) in [6.07, 6.45) is 1.79. The standard InChI is InChI=1S/C11H15BrN2O2S2/c1-2-6-17-7-5-14-18(15,16)9-3-4-10(12)11(13)8-9/h2-4,8,14H,1,5-7,13H2. The lowest BCUT2D eigenvalue weighted by Gasteiger charge is -2.07. The molecule has 0 aliphatic heterocycles. The Morgan fingerprint density at radius 2 is 2.22 bits per heavy atom. The molecule has 0 saturated carbocycles. The van der Waals surface area contributed by atoms with Crippen molar-refractivity contribution in [2.75, 3.05) is 23.8 Å². The van der Waals surface area contributed by atoms with E-state index in [1.165, 1.54) is 12.1 Å². The van der Waals surface area contributed by atoms with Crippen LogP contribution in [0.15, 0.2) is 40.2 Å². The fourth-order valence-electron chi connectivity index (χ4n) is 1.19. The predicted molar refractivity (Wildman–Crippen MR) is 81.3 cm³/mol. The molecule has 0 unspecified atom stereocenters. The Labute approximate surface area is 120 Å². The molecular weight excluding hydrogens is 336 g/mol. The molecule has 1 rings (SSSR count). The fourth-order valence-corrected chi connectivity index (χ4v) is 3.21. The highest BCUT2D eigenvalue weighted by Crippen LogP contribution is 2.22. The third kappa shape index (κ3) is 4.64. The summed E-state index contributed by atoms with van der Waals surface area (Å²) in [5.41, 5.74) is 6.06. The first-order chi connectivity index (χ1) is 8.47. The number of anilines is 1. The Morgan fingerprint density at radius 1 is 1.50 bits per heavy atom. The lowest BCUT2D eigenvalue weighted by atomic mass is 10.3. The maximum atomic E-state index is 11.9. The minimum absolute atomic E-state index is 0.178. The lowest BCUT2D eigenvalue weighted by Crippen LogP contribution is -2.26. The van der Waals surface area contributed by atoms with Gasteiger partial charge in [0.1, 0.15) is 0 Å². The van der Waals surface area contributed by atoms with E-state index < -0.39 is 10.0 Å². The highest BCUT2D eigenvalue weighted by Gasteiger charge is 2.14. The Kier molecular flexibility index (Phi) is 6.20. The second kappa shape index (κ2) is 7.18. The van der Waals surface area contributed by atoms with Crippen LogP contribution in [-0.4, -0.2) is 26.5 Å². The van der Waals surface area contributed by atoms with E-state index in [-0.39, 0.29) is 4.90 Å². The molecule has 0 heterocycles. The summed E-state index contributed by atoms with van der Waals surface area (Å²) >= 11 is 4.84. The minimum Gasteiger partial charge on any atom is -0.398 e. The van der Waals surface area contributed by atoms with Gasteiger partial charge >= 0.3 is 0 Å². The van der Waals surface area contributed by atoms with Crippen molar-refractivity contribution in [1.29, 1.82) is 0 Å². The molecule has 18 heavy (non-hydrogen) atoms. The number of nitrogens with two attached hydrogens (primary N) is 1. The SMILES string of the molecule is C=CCSCCNS(=O)(=O)c1ccc(Br)c(N)c1. The molecule has 0 fully saturated rings. The predicted octanol–water partition coefficient (Wildman–Crippen LogP) is 2.23. The molecule has 0 atom stereocenters. The van der Waals surface area contributed by atoms with Crippen molar-refractivity contribution in [1.82, 2.24) is 4.72 Å². The van der Waals surface area contributed by atoms with Gasteiger partial charge in [0.25, 0.3) is 0 Å². The fraction of sp³-hybridized carbons (Fsp3) is 0.273. The molecule has 100 valence electrons. The van der Waals surface area contributed by atoms with E-state index in [0.29, 0.717) is 22.5 Å². The number of sulfonamides is 1. The average molecular weight is 351 g/mol. The molecule has 1 aromatic carbocycles. The van der Waals surface area contributed by atoms with Gasteiger partial charge in [0.05, 0.1) is 4.90 Å². The molecule has 0 bridgehead atoms. The molecule has 0 aliphatic carbocycles. The van der Waals surface area contributed by atoms with Crippen LogP contribution in [0.4, 0.5) is 5.69 Å². The van der Waals surface area contributed by atoms with Gasteiger partial charge in [-0.05, 0) is 34.1 Å². The van der Waals surface area contributed by atoms with E-state index in [9.17, 15) is 8.42 Å². The van der Waals surface area contributed by atoms with Gasteiger partial charge < -0.3 is 5.73 Å². The molecule has 0 amide bonds. The molecule has 0 radical (unpaired) electrons. The van der Waals surface area contributed by atoms with E-state index in [1.807, 2.05) is 0 Å². The zero-order chi connectivity index (χ0) is 13.6. The topological polar surface area (TPSA) is 72.2 Å². The van der Waals surface area contributed by atoms with Gasteiger partial charge in [-0.1, -0.05) is 6.08 Å². The van der Waals surface area contributed by atoms with Crippen molar-refractivity contribution in [3.8, 4) is 0 Å². The minimum atomic E-state index is -3.48. The molecule has 3 N–H and O–H groups in total. The van der Waals surface area contributed by atoms with Crippen molar-refractivity contribution < 1.29 is 8.42 Å². The largest absolute Gasteiger partial charge is 0.398 e. The Bertz CT molecular complexity index is 518. The van der Waals surface area contributed by atoms with Crippen LogP contribution in [0.2, 0.25) is 0 Å². The van der Waals surface area contributed by atoms with Gasteiger partial charge in [0.15, 0.2) is 0 Å². The molecule has 0 aliphatic rings. The first kappa shape index (κ1) is 15.6. The zero-order valence-corrected chi connectivity index (χ0v) is 12.9. The second-order valence-electron chi connectivity index (χ2n) is 3.44. The highest BCUT2D eigenvalue weighted by molar-refractivity contribution is 9.10. The summed E-state index contributed by atoms with van der Waals surface area (Å²) in [6.45, 7) is 3.98. The van der Waals surface area contributed by atoms with Crippen molar-refractivity contribution in [3.05, 3.63) is 35.3 Å². The first-order valence-electron chi connectivity index (χ1n) is 5.20. The number of halogens is 1. The number of nitrogen functional groups attached to an aromatic ring is 1. The monoisotopic (exact) mass is 350 g/mol. The number of benzene rings is 1. The van der Waals surface area contributed by atoms with Crippen LogP contribution in [0.1, 0.15) is 0 Å². The van der Waals surface area contributed by atoms with Crippen molar-refractivity contribution in [2.24, 2.45) is 0 Å². The van der Waals surface area contributed by atoms with Crippen LogP contribution in [0.25, 0.3) is 0 Å². The van der Waals surface area contributed by atoms with Crippen molar-refractivity contribution in [2.45, 2.75) is 4.90 Å². The number of nitrogens with one attached hydrogen (secondary N) is 1. The van der Waals surface area contributed by atoms with E-state index in [1.54, 1.807) is 23.9 Å². The van der Waals surface area contributed by atoms with E-state index >= 15 is 0 Å². The van der Waals surface area contributed by atoms with E-state index in [4.69, 9.17) is 5.73 Å². The summed E-state index contributed by atoms with van der Waals surface area (Å²) in [5, 5.41) is 0. The van der Waals surface area contributed by atoms with Gasteiger partial charge in [0, 0.05) is 28.2 Å². The molecule has 4 nitrogen and oxygen atoms in total. The molecule has 0 saturated heterocycles. The average Bonchev–Trinajstić information content (AvgIpc) is 2.32. The number of hydrogen-bond acceptors (Lipinski definition) is 4. The number of rotatable bonds is 7. The third-order valence-corrected chi connectivity index (χ3v) is 5.20. The molecule has 1 aromatic rings. The van der Waals surface area contributed by atoms with Crippen LogP contribution in [0.5, 0.6) is 0 Å². The Hall–Kier alpha value is -0.500.